The third-order valence-corrected chi connectivity index (χ3v) is 7.23. The Balaban J connectivity index is 1.78. The van der Waals surface area contributed by atoms with Crippen LogP contribution in [0.4, 0.5) is 11.4 Å². The predicted octanol–water partition coefficient (Wildman–Crippen LogP) is 5.51. The number of benzene rings is 2. The van der Waals surface area contributed by atoms with Crippen LogP contribution in [0, 0.1) is 13.8 Å². The standard InChI is InChI=1S/C26H28ClN3O2S/c1-14-7-15(2)9-18(8-14)30-24(32)20(23(31)28-25(30)33)11-17-10-19-16(3)13-26(4,5)29(6)22(19)12-21(17)27/h7-12,16H,13H2,1-6H3,(H,28,31,33)/b20-11+. The summed E-state index contributed by atoms with van der Waals surface area (Å²) in [6.45, 7) is 10.5. The highest BCUT2D eigenvalue weighted by Gasteiger charge is 2.36. The van der Waals surface area contributed by atoms with Gasteiger partial charge in [-0.1, -0.05) is 24.6 Å². The number of carbonyl (C=O) groups excluding carboxylic acids is 2. The van der Waals surface area contributed by atoms with Gasteiger partial charge in [-0.15, -0.1) is 0 Å². The average molecular weight is 482 g/mol. The zero-order valence-corrected chi connectivity index (χ0v) is 21.3. The fourth-order valence-electron chi connectivity index (χ4n) is 4.84. The summed E-state index contributed by atoms with van der Waals surface area (Å²) in [5.74, 6) is -0.671. The van der Waals surface area contributed by atoms with Gasteiger partial charge in [-0.05, 0) is 105 Å². The van der Waals surface area contributed by atoms with Crippen molar-refractivity contribution < 1.29 is 9.59 Å². The quantitative estimate of drug-likeness (QED) is 0.349. The third kappa shape index (κ3) is 4.18. The van der Waals surface area contributed by atoms with Gasteiger partial charge in [0.15, 0.2) is 5.11 Å². The summed E-state index contributed by atoms with van der Waals surface area (Å²) in [5, 5.41) is 3.21. The van der Waals surface area contributed by atoms with E-state index >= 15 is 0 Å². The van der Waals surface area contributed by atoms with Crippen molar-refractivity contribution in [3.05, 3.63) is 63.2 Å². The first-order chi connectivity index (χ1) is 15.4. The second kappa shape index (κ2) is 8.26. The van der Waals surface area contributed by atoms with Crippen LogP contribution in [0.5, 0.6) is 0 Å². The summed E-state index contributed by atoms with van der Waals surface area (Å²) in [6, 6.07) is 9.69. The maximum Gasteiger partial charge on any atom is 0.270 e. The van der Waals surface area contributed by atoms with Gasteiger partial charge in [0.1, 0.15) is 5.57 Å². The van der Waals surface area contributed by atoms with Gasteiger partial charge in [0.2, 0.25) is 0 Å². The Labute approximate surface area is 205 Å². The number of nitrogens with zero attached hydrogens (tertiary/aromatic N) is 2. The SMILES string of the molecule is Cc1cc(C)cc(N2C(=O)/C(=C/c3cc4c(cc3Cl)N(C)C(C)(C)CC4C)C(=O)NC2=S)c1. The van der Waals surface area contributed by atoms with Crippen LogP contribution in [0.1, 0.15) is 55.4 Å². The first kappa shape index (κ1) is 23.5. The lowest BCUT2D eigenvalue weighted by molar-refractivity contribution is -0.122. The monoisotopic (exact) mass is 481 g/mol. The second-order valence-corrected chi connectivity index (χ2v) is 10.5. The lowest BCUT2D eigenvalue weighted by Gasteiger charge is -2.45. The fraction of sp³-hybridized carbons (Fsp3) is 0.346. The van der Waals surface area contributed by atoms with E-state index in [-0.39, 0.29) is 16.2 Å². The van der Waals surface area contributed by atoms with E-state index in [9.17, 15) is 9.59 Å². The Morgan fingerprint density at radius 1 is 1.12 bits per heavy atom. The van der Waals surface area contributed by atoms with E-state index in [1.54, 1.807) is 6.08 Å². The maximum absolute atomic E-state index is 13.4. The van der Waals surface area contributed by atoms with Crippen LogP contribution in [0.25, 0.3) is 6.08 Å². The van der Waals surface area contributed by atoms with Gasteiger partial charge in [0.25, 0.3) is 11.8 Å². The topological polar surface area (TPSA) is 52.7 Å². The molecule has 0 radical (unpaired) electrons. The molecule has 0 spiro atoms. The number of hydrogen-bond acceptors (Lipinski definition) is 4. The molecule has 1 atom stereocenters. The average Bonchev–Trinajstić information content (AvgIpc) is 2.69. The Kier molecular flexibility index (Phi) is 5.87. The highest BCUT2D eigenvalue weighted by Crippen LogP contribution is 2.44. The molecule has 4 rings (SSSR count). The van der Waals surface area contributed by atoms with E-state index in [0.717, 1.165) is 28.8 Å². The van der Waals surface area contributed by atoms with E-state index in [0.29, 0.717) is 22.2 Å². The van der Waals surface area contributed by atoms with Crippen molar-refractivity contribution in [2.24, 2.45) is 0 Å². The van der Waals surface area contributed by atoms with Gasteiger partial charge in [-0.3, -0.25) is 19.8 Å². The van der Waals surface area contributed by atoms with E-state index in [2.05, 4.69) is 38.0 Å². The molecule has 0 saturated carbocycles. The predicted molar refractivity (Wildman–Crippen MR) is 139 cm³/mol. The number of aryl methyl sites for hydroxylation is 2. The summed E-state index contributed by atoms with van der Waals surface area (Å²) in [4.78, 5) is 29.8. The van der Waals surface area contributed by atoms with Gasteiger partial charge in [-0.25, -0.2) is 0 Å². The molecule has 5 nitrogen and oxygen atoms in total. The van der Waals surface area contributed by atoms with Gasteiger partial charge in [0, 0.05) is 23.3 Å². The Bertz CT molecular complexity index is 1210. The van der Waals surface area contributed by atoms with Gasteiger partial charge >= 0.3 is 0 Å². The number of anilines is 2. The van der Waals surface area contributed by atoms with Gasteiger partial charge < -0.3 is 4.90 Å². The molecular weight excluding hydrogens is 454 g/mol. The third-order valence-electron chi connectivity index (χ3n) is 6.62. The summed E-state index contributed by atoms with van der Waals surface area (Å²) in [5.41, 5.74) is 5.51. The molecule has 2 aliphatic heterocycles. The van der Waals surface area contributed by atoms with Crippen molar-refractivity contribution >= 4 is 58.2 Å². The first-order valence-corrected chi connectivity index (χ1v) is 11.7. The Morgan fingerprint density at radius 2 is 1.76 bits per heavy atom. The van der Waals surface area contributed by atoms with E-state index in [4.69, 9.17) is 23.8 Å². The molecule has 1 unspecified atom stereocenters. The zero-order chi connectivity index (χ0) is 24.2. The fourth-order valence-corrected chi connectivity index (χ4v) is 5.34. The molecule has 2 aliphatic rings. The van der Waals surface area contributed by atoms with Crippen molar-refractivity contribution in [3.63, 3.8) is 0 Å². The molecule has 33 heavy (non-hydrogen) atoms. The van der Waals surface area contributed by atoms with Crippen LogP contribution < -0.4 is 15.1 Å². The molecule has 0 aliphatic carbocycles. The van der Waals surface area contributed by atoms with Crippen molar-refractivity contribution in [1.29, 1.82) is 0 Å². The van der Waals surface area contributed by atoms with Crippen molar-refractivity contribution in [2.45, 2.75) is 52.5 Å². The van der Waals surface area contributed by atoms with Crippen LogP contribution in [0.2, 0.25) is 5.02 Å². The minimum atomic E-state index is -0.522. The molecule has 2 heterocycles. The number of hydrogen-bond donors (Lipinski definition) is 1. The van der Waals surface area contributed by atoms with Crippen molar-refractivity contribution in [2.75, 3.05) is 16.8 Å². The van der Waals surface area contributed by atoms with Crippen molar-refractivity contribution in [1.82, 2.24) is 5.32 Å². The zero-order valence-electron chi connectivity index (χ0n) is 19.7. The van der Waals surface area contributed by atoms with E-state index < -0.39 is 11.8 Å². The number of nitrogens with one attached hydrogen (secondary N) is 1. The molecular formula is C26H28ClN3O2S. The van der Waals surface area contributed by atoms with E-state index in [1.807, 2.05) is 44.2 Å². The number of fused-ring (bicyclic) bond motifs is 1. The van der Waals surface area contributed by atoms with Crippen LogP contribution in [-0.4, -0.2) is 29.5 Å². The molecule has 2 aromatic carbocycles. The minimum absolute atomic E-state index is 0.00163. The molecule has 2 amide bonds. The minimum Gasteiger partial charge on any atom is -0.369 e. The molecule has 0 aromatic heterocycles. The summed E-state index contributed by atoms with van der Waals surface area (Å²) >= 11 is 12.0. The van der Waals surface area contributed by atoms with Crippen LogP contribution >= 0.6 is 23.8 Å². The molecule has 2 aromatic rings. The van der Waals surface area contributed by atoms with Crippen molar-refractivity contribution in [3.8, 4) is 0 Å². The van der Waals surface area contributed by atoms with Gasteiger partial charge in [-0.2, -0.15) is 0 Å². The molecule has 172 valence electrons. The number of rotatable bonds is 2. The largest absolute Gasteiger partial charge is 0.369 e. The number of amides is 2. The molecule has 7 heteroatoms. The number of thiocarbonyl (C=S) groups is 1. The highest BCUT2D eigenvalue weighted by molar-refractivity contribution is 7.80. The maximum atomic E-state index is 13.4. The lowest BCUT2D eigenvalue weighted by atomic mass is 9.80. The van der Waals surface area contributed by atoms with Gasteiger partial charge in [0.05, 0.1) is 5.69 Å². The van der Waals surface area contributed by atoms with Crippen LogP contribution in [-0.2, 0) is 9.59 Å². The smallest absolute Gasteiger partial charge is 0.270 e. The lowest BCUT2D eigenvalue weighted by Crippen LogP contribution is -2.54. The van der Waals surface area contributed by atoms with E-state index in [1.165, 1.54) is 4.90 Å². The Morgan fingerprint density at radius 3 is 2.39 bits per heavy atom. The number of carbonyl (C=O) groups is 2. The summed E-state index contributed by atoms with van der Waals surface area (Å²) in [7, 11) is 2.07. The van der Waals surface area contributed by atoms with Crippen LogP contribution in [0.3, 0.4) is 0 Å². The summed E-state index contributed by atoms with van der Waals surface area (Å²) < 4.78 is 0. The Hall–Kier alpha value is -2.70. The molecule has 1 N–H and O–H groups in total. The second-order valence-electron chi connectivity index (χ2n) is 9.71. The molecule has 1 saturated heterocycles. The normalized spacial score (nSPS) is 21.4. The highest BCUT2D eigenvalue weighted by atomic mass is 35.5. The number of halogens is 1. The summed E-state index contributed by atoms with van der Waals surface area (Å²) in [6.07, 6.45) is 2.56. The van der Waals surface area contributed by atoms with Crippen LogP contribution in [0.15, 0.2) is 35.9 Å². The molecule has 0 bridgehead atoms. The molecule has 1 fully saturated rings. The first-order valence-electron chi connectivity index (χ1n) is 11.0.